The van der Waals surface area contributed by atoms with Gasteiger partial charge in [0, 0.05) is 19.3 Å². The Morgan fingerprint density at radius 3 is 2.33 bits per heavy atom. The minimum Gasteiger partial charge on any atom is -0.337 e. The van der Waals surface area contributed by atoms with E-state index in [0.717, 1.165) is 16.3 Å². The summed E-state index contributed by atoms with van der Waals surface area (Å²) < 4.78 is 23.7. The van der Waals surface area contributed by atoms with Crippen molar-refractivity contribution in [1.82, 2.24) is 10.2 Å². The number of fused-ring (bicyclic) bond motifs is 1. The molecule has 148 valence electrons. The van der Waals surface area contributed by atoms with Crippen LogP contribution in [0.25, 0.3) is 10.8 Å². The maximum atomic E-state index is 13.3. The lowest BCUT2D eigenvalue weighted by Crippen LogP contribution is -2.58. The maximum absolute atomic E-state index is 13.3. The van der Waals surface area contributed by atoms with Crippen molar-refractivity contribution in [3.8, 4) is 0 Å². The van der Waals surface area contributed by atoms with Gasteiger partial charge in [-0.05, 0) is 55.3 Å². The number of benzene rings is 2. The molecule has 2 aromatic carbocycles. The second-order valence-electron chi connectivity index (χ2n) is 7.02. The molecule has 0 aromatic heterocycles. The summed E-state index contributed by atoms with van der Waals surface area (Å²) >= 11 is 0. The van der Waals surface area contributed by atoms with Gasteiger partial charge in [0.25, 0.3) is 0 Å². The fourth-order valence-corrected chi connectivity index (χ4v) is 5.14. The Labute approximate surface area is 167 Å². The van der Waals surface area contributed by atoms with Crippen molar-refractivity contribution in [3.63, 3.8) is 0 Å². The van der Waals surface area contributed by atoms with Crippen LogP contribution in [0.5, 0.6) is 0 Å². The van der Waals surface area contributed by atoms with Crippen molar-refractivity contribution in [2.24, 2.45) is 0 Å². The summed E-state index contributed by atoms with van der Waals surface area (Å²) in [4.78, 5) is 15.0. The number of hydrogen-bond donors (Lipinski definition) is 1. The molecule has 1 heterocycles. The van der Waals surface area contributed by atoms with E-state index < -0.39 is 14.6 Å². The van der Waals surface area contributed by atoms with Crippen molar-refractivity contribution in [2.45, 2.75) is 31.1 Å². The van der Waals surface area contributed by atoms with Gasteiger partial charge in [-0.25, -0.2) is 8.42 Å². The van der Waals surface area contributed by atoms with Crippen LogP contribution in [0.4, 0.5) is 0 Å². The molecule has 0 spiro atoms. The first-order chi connectivity index (χ1) is 12.4. The molecule has 1 amide bonds. The molecule has 0 radical (unpaired) electrons. The van der Waals surface area contributed by atoms with Crippen molar-refractivity contribution in [2.75, 3.05) is 25.9 Å². The summed E-state index contributed by atoms with van der Waals surface area (Å²) in [5.74, 6) is -0.267. The molecule has 1 aliphatic heterocycles. The molecule has 1 saturated heterocycles. The molecule has 0 saturated carbocycles. The number of nitrogens with zero attached hydrogens (tertiary/aromatic N) is 1. The average Bonchev–Trinajstić information content (AvgIpc) is 2.65. The van der Waals surface area contributed by atoms with E-state index in [-0.39, 0.29) is 18.3 Å². The van der Waals surface area contributed by atoms with E-state index in [9.17, 15) is 13.2 Å². The molecular formula is C20H27ClN2O3S. The molecule has 27 heavy (non-hydrogen) atoms. The quantitative estimate of drug-likeness (QED) is 0.823. The maximum Gasteiger partial charge on any atom is 0.244 e. The van der Waals surface area contributed by atoms with Crippen LogP contribution >= 0.6 is 12.4 Å². The summed E-state index contributed by atoms with van der Waals surface area (Å²) in [6.45, 7) is 3.90. The average molecular weight is 411 g/mol. The van der Waals surface area contributed by atoms with Crippen molar-refractivity contribution < 1.29 is 13.2 Å². The number of sulfone groups is 1. The Morgan fingerprint density at radius 2 is 1.74 bits per heavy atom. The number of amides is 1. The highest BCUT2D eigenvalue weighted by Crippen LogP contribution is 2.31. The Morgan fingerprint density at radius 1 is 1.11 bits per heavy atom. The molecule has 0 atom stereocenters. The summed E-state index contributed by atoms with van der Waals surface area (Å²) in [6, 6.07) is 14.2. The monoisotopic (exact) mass is 410 g/mol. The topological polar surface area (TPSA) is 66.5 Å². The SMILES string of the molecule is CCN(Cc1ccc2ccccc2c1)C(=O)C1(S(C)(=O)=O)CCNCC1.Cl. The van der Waals surface area contributed by atoms with E-state index in [1.807, 2.05) is 37.3 Å². The van der Waals surface area contributed by atoms with Crippen molar-refractivity contribution in [1.29, 1.82) is 0 Å². The zero-order chi connectivity index (χ0) is 18.8. The Kier molecular flexibility index (Phi) is 6.89. The van der Waals surface area contributed by atoms with Crippen molar-refractivity contribution >= 4 is 38.9 Å². The molecular weight excluding hydrogens is 384 g/mol. The van der Waals surface area contributed by atoms with Crippen LogP contribution in [0.1, 0.15) is 25.3 Å². The Bertz CT molecular complexity index is 908. The zero-order valence-corrected chi connectivity index (χ0v) is 17.4. The van der Waals surface area contributed by atoms with Gasteiger partial charge in [0.1, 0.15) is 0 Å². The van der Waals surface area contributed by atoms with Crippen LogP contribution in [-0.4, -0.2) is 49.9 Å². The van der Waals surface area contributed by atoms with E-state index in [0.29, 0.717) is 39.0 Å². The predicted molar refractivity (Wildman–Crippen MR) is 112 cm³/mol. The fourth-order valence-electron chi connectivity index (χ4n) is 3.75. The predicted octanol–water partition coefficient (Wildman–Crippen LogP) is 2.78. The lowest BCUT2D eigenvalue weighted by Gasteiger charge is -2.38. The van der Waals surface area contributed by atoms with Crippen LogP contribution in [0.2, 0.25) is 0 Å². The first-order valence-corrected chi connectivity index (χ1v) is 10.9. The smallest absolute Gasteiger partial charge is 0.244 e. The van der Waals surface area contributed by atoms with Crippen LogP contribution in [0.3, 0.4) is 0 Å². The largest absolute Gasteiger partial charge is 0.337 e. The second-order valence-corrected chi connectivity index (χ2v) is 9.34. The highest BCUT2D eigenvalue weighted by Gasteiger charge is 2.50. The first-order valence-electron chi connectivity index (χ1n) is 9.05. The summed E-state index contributed by atoms with van der Waals surface area (Å²) in [5.41, 5.74) is 1.01. The van der Waals surface area contributed by atoms with Crippen LogP contribution < -0.4 is 5.32 Å². The molecule has 3 rings (SSSR count). The Hall–Kier alpha value is -1.63. The highest BCUT2D eigenvalue weighted by molar-refractivity contribution is 7.92. The number of halogens is 1. The summed E-state index contributed by atoms with van der Waals surface area (Å²) in [7, 11) is -3.50. The molecule has 1 N–H and O–H groups in total. The number of rotatable bonds is 5. The number of carbonyl (C=O) groups excluding carboxylic acids is 1. The minimum atomic E-state index is -3.50. The molecule has 2 aromatic rings. The van der Waals surface area contributed by atoms with Gasteiger partial charge in [-0.2, -0.15) is 0 Å². The molecule has 0 bridgehead atoms. The molecule has 0 aliphatic carbocycles. The molecule has 7 heteroatoms. The molecule has 0 unspecified atom stereocenters. The summed E-state index contributed by atoms with van der Waals surface area (Å²) in [6.07, 6.45) is 1.86. The molecule has 5 nitrogen and oxygen atoms in total. The molecule has 1 fully saturated rings. The van der Waals surface area contributed by atoms with Crippen LogP contribution in [-0.2, 0) is 21.2 Å². The minimum absolute atomic E-state index is 0. The zero-order valence-electron chi connectivity index (χ0n) is 15.8. The summed E-state index contributed by atoms with van der Waals surface area (Å²) in [5, 5.41) is 5.43. The third-order valence-corrected chi connectivity index (χ3v) is 7.37. The van der Waals surface area contributed by atoms with E-state index in [2.05, 4.69) is 17.4 Å². The third-order valence-electron chi connectivity index (χ3n) is 5.37. The van der Waals surface area contributed by atoms with Gasteiger partial charge in [-0.3, -0.25) is 4.79 Å². The van der Waals surface area contributed by atoms with Crippen LogP contribution in [0.15, 0.2) is 42.5 Å². The lowest BCUT2D eigenvalue weighted by molar-refractivity contribution is -0.135. The van der Waals surface area contributed by atoms with Gasteiger partial charge >= 0.3 is 0 Å². The normalized spacial score (nSPS) is 16.5. The van der Waals surface area contributed by atoms with Gasteiger partial charge in [0.05, 0.1) is 0 Å². The number of piperidine rings is 1. The van der Waals surface area contributed by atoms with Gasteiger partial charge in [0.2, 0.25) is 5.91 Å². The fraction of sp³-hybridized carbons (Fsp3) is 0.450. The van der Waals surface area contributed by atoms with E-state index in [4.69, 9.17) is 0 Å². The third kappa shape index (κ3) is 4.28. The number of carbonyl (C=O) groups is 1. The number of nitrogens with one attached hydrogen (secondary N) is 1. The van der Waals surface area contributed by atoms with E-state index in [1.54, 1.807) is 4.90 Å². The van der Waals surface area contributed by atoms with Gasteiger partial charge in [0.15, 0.2) is 14.6 Å². The Balaban J connectivity index is 0.00000261. The van der Waals surface area contributed by atoms with Crippen molar-refractivity contribution in [3.05, 3.63) is 48.0 Å². The lowest BCUT2D eigenvalue weighted by atomic mass is 9.94. The second kappa shape index (κ2) is 8.59. The van der Waals surface area contributed by atoms with Crippen LogP contribution in [0, 0.1) is 0 Å². The van der Waals surface area contributed by atoms with Gasteiger partial charge < -0.3 is 10.2 Å². The van der Waals surface area contributed by atoms with E-state index in [1.165, 1.54) is 6.26 Å². The van der Waals surface area contributed by atoms with E-state index >= 15 is 0 Å². The van der Waals surface area contributed by atoms with Gasteiger partial charge in [-0.15, -0.1) is 12.4 Å². The highest BCUT2D eigenvalue weighted by atomic mass is 35.5. The first kappa shape index (κ1) is 21.7. The van der Waals surface area contributed by atoms with Gasteiger partial charge in [-0.1, -0.05) is 36.4 Å². The standard InChI is InChI=1S/C20H26N2O3S.ClH/c1-3-22(15-16-8-9-17-6-4-5-7-18(17)14-16)19(23)20(26(2,24)25)10-12-21-13-11-20;/h4-9,14,21H,3,10-13,15H2,1-2H3;1H. The molecule has 1 aliphatic rings. The number of hydrogen-bond acceptors (Lipinski definition) is 4.